The Bertz CT molecular complexity index is 1190. The molecule has 320 valence electrons. The maximum Gasteiger partial charge on any atom is 0.472 e. The molecule has 9 nitrogen and oxygen atoms in total. The maximum absolute atomic E-state index is 12.6. The largest absolute Gasteiger partial charge is 0.472 e. The van der Waals surface area contributed by atoms with Crippen molar-refractivity contribution in [2.24, 2.45) is 0 Å². The van der Waals surface area contributed by atoms with E-state index in [1.165, 1.54) is 25.7 Å². The van der Waals surface area contributed by atoms with Crippen LogP contribution in [0.2, 0.25) is 0 Å². The second-order valence-corrected chi connectivity index (χ2v) is 15.2. The summed E-state index contributed by atoms with van der Waals surface area (Å²) in [4.78, 5) is 35.1. The Morgan fingerprint density at radius 2 is 1.02 bits per heavy atom. The highest BCUT2D eigenvalue weighted by atomic mass is 31.2. The summed E-state index contributed by atoms with van der Waals surface area (Å²) in [6, 6.07) is 0. The number of hydrogen-bond donors (Lipinski definition) is 2. The molecule has 56 heavy (non-hydrogen) atoms. The normalized spacial score (nSPS) is 14.1. The smallest absolute Gasteiger partial charge is 0.462 e. The molecule has 2 unspecified atom stereocenters. The molecule has 0 aromatic heterocycles. The number of nitrogens with one attached hydrogen (secondary N) is 1. The first kappa shape index (κ1) is 53.2. The molecular weight excluding hydrogens is 725 g/mol. The molecule has 0 bridgehead atoms. The van der Waals surface area contributed by atoms with Gasteiger partial charge >= 0.3 is 19.8 Å². The lowest BCUT2D eigenvalue weighted by atomic mass is 10.1. The fourth-order valence-electron chi connectivity index (χ4n) is 5.25. The van der Waals surface area contributed by atoms with Crippen LogP contribution in [0.3, 0.4) is 0 Å². The number of likely N-dealkylation sites (N-methyl/N-ethyl adjacent to an activating group) is 1. The predicted octanol–water partition coefficient (Wildman–Crippen LogP) is 12.3. The Labute approximate surface area is 341 Å². The Morgan fingerprint density at radius 3 is 1.50 bits per heavy atom. The highest BCUT2D eigenvalue weighted by Crippen LogP contribution is 2.43. The van der Waals surface area contributed by atoms with Gasteiger partial charge in [0.1, 0.15) is 6.61 Å². The van der Waals surface area contributed by atoms with Crippen molar-refractivity contribution in [3.05, 3.63) is 85.1 Å². The molecule has 0 spiro atoms. The zero-order valence-electron chi connectivity index (χ0n) is 35.3. The molecule has 0 aliphatic heterocycles. The molecule has 10 heteroatoms. The van der Waals surface area contributed by atoms with Crippen LogP contribution >= 0.6 is 7.82 Å². The van der Waals surface area contributed by atoms with Crippen molar-refractivity contribution in [1.82, 2.24) is 5.32 Å². The lowest BCUT2D eigenvalue weighted by Gasteiger charge is -2.20. The molecule has 0 rings (SSSR count). The molecule has 0 aliphatic carbocycles. The molecule has 0 heterocycles. The molecule has 0 saturated heterocycles. The number of phosphoric acid groups is 1. The lowest BCUT2D eigenvalue weighted by Crippen LogP contribution is -2.29. The summed E-state index contributed by atoms with van der Waals surface area (Å²) in [5.41, 5.74) is 0. The maximum atomic E-state index is 12.6. The average Bonchev–Trinajstić information content (AvgIpc) is 3.18. The van der Waals surface area contributed by atoms with Crippen LogP contribution in [0.5, 0.6) is 0 Å². The van der Waals surface area contributed by atoms with Crippen LogP contribution in [-0.4, -0.2) is 56.3 Å². The third-order valence-electron chi connectivity index (χ3n) is 8.50. The van der Waals surface area contributed by atoms with E-state index >= 15 is 0 Å². The van der Waals surface area contributed by atoms with Gasteiger partial charge in [0, 0.05) is 19.4 Å². The minimum absolute atomic E-state index is 0.0308. The summed E-state index contributed by atoms with van der Waals surface area (Å²) < 4.78 is 33.1. The van der Waals surface area contributed by atoms with E-state index < -0.39 is 32.5 Å². The topological polar surface area (TPSA) is 120 Å². The number of phosphoric ester groups is 1. The minimum atomic E-state index is -4.37. The standard InChI is InChI=1S/C46H78NO8P/c1-4-6-8-10-12-14-16-18-20-22-24-26-28-30-32-34-36-38-45(48)52-42-44(43-54-56(50,51)53-41-40-47-3)55-46(49)39-37-35-33-31-29-27-25-23-21-19-17-15-13-11-9-7-5-2/h7,9,12-15,18-21,24-27,44,47H,4-6,8,10-11,16-17,22-23,28-43H2,1-3H3,(H,50,51)/b9-7-,14-12-,15-13-,20-18-,21-19-,26-24-,27-25-. The molecule has 0 radical (unpaired) electrons. The second kappa shape index (κ2) is 41.8. The Morgan fingerprint density at radius 1 is 0.571 bits per heavy atom. The number of unbranched alkanes of at least 4 members (excludes halogenated alkanes) is 11. The SMILES string of the molecule is CC/C=C\C/C=C\C/C=C\C/C=C\CCCCCCC(=O)OC(COC(=O)CCCCCC/C=C\C/C=C\C/C=C\CCCCC)COP(=O)(O)OCCNC. The second-order valence-electron chi connectivity index (χ2n) is 13.8. The molecule has 2 atom stereocenters. The molecule has 0 aromatic carbocycles. The first-order valence-corrected chi connectivity index (χ1v) is 23.0. The summed E-state index contributed by atoms with van der Waals surface area (Å²) in [6.45, 7) is 4.00. The van der Waals surface area contributed by atoms with Gasteiger partial charge in [-0.1, -0.05) is 137 Å². The number of ether oxygens (including phenoxy) is 2. The summed E-state index contributed by atoms with van der Waals surface area (Å²) in [6.07, 6.45) is 50.5. The highest BCUT2D eigenvalue weighted by molar-refractivity contribution is 7.47. The monoisotopic (exact) mass is 804 g/mol. The van der Waals surface area contributed by atoms with Crippen LogP contribution in [-0.2, 0) is 32.7 Å². The first-order chi connectivity index (χ1) is 27.3. The minimum Gasteiger partial charge on any atom is -0.462 e. The van der Waals surface area contributed by atoms with E-state index in [2.05, 4.69) is 104 Å². The van der Waals surface area contributed by atoms with Gasteiger partial charge < -0.3 is 19.7 Å². The van der Waals surface area contributed by atoms with E-state index in [9.17, 15) is 19.0 Å². The molecule has 0 aromatic rings. The summed E-state index contributed by atoms with van der Waals surface area (Å²) in [5.74, 6) is -0.868. The third-order valence-corrected chi connectivity index (χ3v) is 9.48. The van der Waals surface area contributed by atoms with Crippen molar-refractivity contribution in [1.29, 1.82) is 0 Å². The van der Waals surface area contributed by atoms with Crippen molar-refractivity contribution in [3.8, 4) is 0 Å². The van der Waals surface area contributed by atoms with Crippen LogP contribution in [0.15, 0.2) is 85.1 Å². The number of allylic oxidation sites excluding steroid dienone is 14. The number of rotatable bonds is 39. The van der Waals surface area contributed by atoms with Gasteiger partial charge in [-0.3, -0.25) is 18.6 Å². The zero-order chi connectivity index (χ0) is 41.1. The van der Waals surface area contributed by atoms with Crippen molar-refractivity contribution < 1.29 is 37.6 Å². The van der Waals surface area contributed by atoms with Crippen LogP contribution in [0.1, 0.15) is 155 Å². The number of carbonyl (C=O) groups excluding carboxylic acids is 2. The van der Waals surface area contributed by atoms with Crippen LogP contribution in [0.25, 0.3) is 0 Å². The van der Waals surface area contributed by atoms with Gasteiger partial charge in [-0.25, -0.2) is 4.57 Å². The highest BCUT2D eigenvalue weighted by Gasteiger charge is 2.26. The third kappa shape index (κ3) is 40.8. The number of hydrogen-bond acceptors (Lipinski definition) is 8. The zero-order valence-corrected chi connectivity index (χ0v) is 36.2. The van der Waals surface area contributed by atoms with Gasteiger partial charge in [0.15, 0.2) is 6.10 Å². The van der Waals surface area contributed by atoms with Crippen molar-refractivity contribution >= 4 is 19.8 Å². The molecule has 0 amide bonds. The summed E-state index contributed by atoms with van der Waals surface area (Å²) >= 11 is 0. The molecule has 0 saturated carbocycles. The summed E-state index contributed by atoms with van der Waals surface area (Å²) in [7, 11) is -2.68. The predicted molar refractivity (Wildman–Crippen MR) is 233 cm³/mol. The number of carbonyl (C=O) groups is 2. The van der Waals surface area contributed by atoms with E-state index in [0.29, 0.717) is 19.4 Å². The Hall–Kier alpha value is -2.81. The van der Waals surface area contributed by atoms with Crippen molar-refractivity contribution in [2.75, 3.05) is 33.4 Å². The molecule has 0 fully saturated rings. The fourth-order valence-corrected chi connectivity index (χ4v) is 6.01. The Kier molecular flexibility index (Phi) is 39.7. The van der Waals surface area contributed by atoms with Crippen molar-refractivity contribution in [3.63, 3.8) is 0 Å². The van der Waals surface area contributed by atoms with Gasteiger partial charge in [0.25, 0.3) is 0 Å². The van der Waals surface area contributed by atoms with E-state index in [1.807, 2.05) is 0 Å². The van der Waals surface area contributed by atoms with E-state index in [-0.39, 0.29) is 26.1 Å². The van der Waals surface area contributed by atoms with Gasteiger partial charge in [-0.2, -0.15) is 0 Å². The molecular formula is C46H78NO8P. The summed E-state index contributed by atoms with van der Waals surface area (Å²) in [5, 5.41) is 2.82. The van der Waals surface area contributed by atoms with E-state index in [0.717, 1.165) is 89.9 Å². The van der Waals surface area contributed by atoms with Crippen LogP contribution < -0.4 is 5.32 Å². The molecule has 0 aliphatic rings. The fraction of sp³-hybridized carbons (Fsp3) is 0.652. The lowest BCUT2D eigenvalue weighted by molar-refractivity contribution is -0.161. The molecule has 2 N–H and O–H groups in total. The Balaban J connectivity index is 4.34. The van der Waals surface area contributed by atoms with Gasteiger partial charge in [-0.15, -0.1) is 0 Å². The van der Waals surface area contributed by atoms with Crippen LogP contribution in [0.4, 0.5) is 0 Å². The number of esters is 2. The van der Waals surface area contributed by atoms with Gasteiger partial charge in [-0.05, 0) is 96.9 Å². The quantitative estimate of drug-likeness (QED) is 0.0271. The average molecular weight is 804 g/mol. The van der Waals surface area contributed by atoms with Crippen LogP contribution in [0, 0.1) is 0 Å². The van der Waals surface area contributed by atoms with Gasteiger partial charge in [0.2, 0.25) is 0 Å². The van der Waals surface area contributed by atoms with E-state index in [1.54, 1.807) is 7.05 Å². The first-order valence-electron chi connectivity index (χ1n) is 21.5. The van der Waals surface area contributed by atoms with Crippen molar-refractivity contribution in [2.45, 2.75) is 161 Å². The van der Waals surface area contributed by atoms with Gasteiger partial charge in [0.05, 0.1) is 13.2 Å². The van der Waals surface area contributed by atoms with E-state index in [4.69, 9.17) is 18.5 Å².